The highest BCUT2D eigenvalue weighted by molar-refractivity contribution is 7.89. The molecule has 23 heavy (non-hydrogen) atoms. The van der Waals surface area contributed by atoms with Crippen LogP contribution >= 0.6 is 0 Å². The van der Waals surface area contributed by atoms with Gasteiger partial charge < -0.3 is 10.1 Å². The average molecular weight is 340 g/mol. The number of hydrogen-bond acceptors (Lipinski definition) is 4. The van der Waals surface area contributed by atoms with Crippen molar-refractivity contribution in [3.8, 4) is 0 Å². The highest BCUT2D eigenvalue weighted by atomic mass is 32.2. The highest BCUT2D eigenvalue weighted by Crippen LogP contribution is 2.22. The van der Waals surface area contributed by atoms with E-state index in [1.807, 2.05) is 13.8 Å². The molecule has 1 aromatic rings. The fraction of sp³-hybridized carbons (Fsp3) is 0.562. The number of aryl methyl sites for hydroxylation is 1. The standard InChI is InChI=1S/C16H24N2O4S/c1-4-13(3)17-16(19)14-6-5-12(2)15(11-14)23(20,21)18-7-9-22-10-8-18/h5-6,11,13H,4,7-10H2,1-3H3,(H,17,19)/t13-/m0/s1. The van der Waals surface area contributed by atoms with Crippen molar-refractivity contribution in [2.75, 3.05) is 26.3 Å². The molecule has 0 saturated carbocycles. The Hall–Kier alpha value is -1.44. The first kappa shape index (κ1) is 17.9. The number of carbonyl (C=O) groups excluding carboxylic acids is 1. The Morgan fingerprint density at radius 1 is 1.35 bits per heavy atom. The molecule has 0 aliphatic carbocycles. The Labute approximate surface area is 137 Å². The molecule has 1 heterocycles. The van der Waals surface area contributed by atoms with Gasteiger partial charge in [-0.25, -0.2) is 8.42 Å². The number of amides is 1. The third kappa shape index (κ3) is 4.10. The summed E-state index contributed by atoms with van der Waals surface area (Å²) in [6.45, 7) is 7.10. The monoisotopic (exact) mass is 340 g/mol. The lowest BCUT2D eigenvalue weighted by Gasteiger charge is -2.26. The maximum Gasteiger partial charge on any atom is 0.251 e. The predicted octanol–water partition coefficient (Wildman–Crippen LogP) is 1.54. The van der Waals surface area contributed by atoms with E-state index in [9.17, 15) is 13.2 Å². The summed E-state index contributed by atoms with van der Waals surface area (Å²) in [6, 6.07) is 4.85. The summed E-state index contributed by atoms with van der Waals surface area (Å²) in [5.41, 5.74) is 0.999. The van der Waals surface area contributed by atoms with Gasteiger partial charge in [-0.2, -0.15) is 4.31 Å². The van der Waals surface area contributed by atoms with Gasteiger partial charge in [-0.05, 0) is 38.0 Å². The third-order valence-electron chi connectivity index (χ3n) is 4.03. The van der Waals surface area contributed by atoms with Crippen LogP contribution in [0.1, 0.15) is 36.2 Å². The molecule has 1 saturated heterocycles. The van der Waals surface area contributed by atoms with E-state index in [0.717, 1.165) is 6.42 Å². The molecule has 1 aliphatic rings. The Morgan fingerprint density at radius 3 is 2.61 bits per heavy atom. The zero-order valence-electron chi connectivity index (χ0n) is 13.8. The molecule has 0 radical (unpaired) electrons. The number of morpholine rings is 1. The van der Waals surface area contributed by atoms with Crippen LogP contribution in [0.4, 0.5) is 0 Å². The molecule has 7 heteroatoms. The van der Waals surface area contributed by atoms with Crippen LogP contribution in [0.25, 0.3) is 0 Å². The molecule has 2 rings (SSSR count). The lowest BCUT2D eigenvalue weighted by Crippen LogP contribution is -2.41. The van der Waals surface area contributed by atoms with Crippen LogP contribution in [-0.2, 0) is 14.8 Å². The van der Waals surface area contributed by atoms with Gasteiger partial charge >= 0.3 is 0 Å². The van der Waals surface area contributed by atoms with Crippen molar-refractivity contribution >= 4 is 15.9 Å². The largest absolute Gasteiger partial charge is 0.379 e. The molecule has 1 fully saturated rings. The van der Waals surface area contributed by atoms with Crippen LogP contribution in [0.2, 0.25) is 0 Å². The summed E-state index contributed by atoms with van der Waals surface area (Å²) in [4.78, 5) is 12.4. The minimum Gasteiger partial charge on any atom is -0.379 e. The summed E-state index contributed by atoms with van der Waals surface area (Å²) in [7, 11) is -3.61. The van der Waals surface area contributed by atoms with E-state index < -0.39 is 10.0 Å². The number of carbonyl (C=O) groups is 1. The molecule has 0 unspecified atom stereocenters. The number of rotatable bonds is 5. The average Bonchev–Trinajstić information content (AvgIpc) is 2.55. The van der Waals surface area contributed by atoms with Crippen molar-refractivity contribution in [1.82, 2.24) is 9.62 Å². The van der Waals surface area contributed by atoms with Crippen LogP contribution in [-0.4, -0.2) is 51.0 Å². The fourth-order valence-electron chi connectivity index (χ4n) is 2.35. The van der Waals surface area contributed by atoms with E-state index in [1.54, 1.807) is 19.1 Å². The van der Waals surface area contributed by atoms with Gasteiger partial charge in [0.15, 0.2) is 0 Å². The van der Waals surface area contributed by atoms with Crippen LogP contribution < -0.4 is 5.32 Å². The molecule has 1 atom stereocenters. The van der Waals surface area contributed by atoms with Crippen molar-refractivity contribution in [2.24, 2.45) is 0 Å². The highest BCUT2D eigenvalue weighted by Gasteiger charge is 2.28. The van der Waals surface area contributed by atoms with Crippen LogP contribution in [0.15, 0.2) is 23.1 Å². The van der Waals surface area contributed by atoms with E-state index >= 15 is 0 Å². The third-order valence-corrected chi connectivity index (χ3v) is 6.07. The molecular weight excluding hydrogens is 316 g/mol. The van der Waals surface area contributed by atoms with E-state index in [1.165, 1.54) is 10.4 Å². The zero-order chi connectivity index (χ0) is 17.0. The molecule has 0 bridgehead atoms. The Morgan fingerprint density at radius 2 is 2.00 bits per heavy atom. The Bertz CT molecular complexity index is 667. The Kier molecular flexibility index (Phi) is 5.78. The van der Waals surface area contributed by atoms with E-state index in [2.05, 4.69) is 5.32 Å². The number of nitrogens with zero attached hydrogens (tertiary/aromatic N) is 1. The molecule has 128 valence electrons. The van der Waals surface area contributed by atoms with E-state index in [-0.39, 0.29) is 16.8 Å². The van der Waals surface area contributed by atoms with E-state index in [0.29, 0.717) is 37.4 Å². The van der Waals surface area contributed by atoms with Gasteiger partial charge in [-0.3, -0.25) is 4.79 Å². The summed E-state index contributed by atoms with van der Waals surface area (Å²) < 4.78 is 32.2. The summed E-state index contributed by atoms with van der Waals surface area (Å²) in [6.07, 6.45) is 0.816. The van der Waals surface area contributed by atoms with Crippen LogP contribution in [0.5, 0.6) is 0 Å². The number of sulfonamides is 1. The number of benzene rings is 1. The van der Waals surface area contributed by atoms with Crippen molar-refractivity contribution < 1.29 is 17.9 Å². The number of ether oxygens (including phenoxy) is 1. The summed E-state index contributed by atoms with van der Waals surface area (Å²) >= 11 is 0. The number of hydrogen-bond donors (Lipinski definition) is 1. The maximum absolute atomic E-state index is 12.8. The van der Waals surface area contributed by atoms with Crippen LogP contribution in [0, 0.1) is 6.92 Å². The first-order valence-corrected chi connectivity index (χ1v) is 9.29. The molecule has 1 amide bonds. The van der Waals surface area contributed by atoms with Crippen molar-refractivity contribution in [3.63, 3.8) is 0 Å². The normalized spacial score (nSPS) is 17.7. The molecule has 0 spiro atoms. The van der Waals surface area contributed by atoms with Crippen molar-refractivity contribution in [2.45, 2.75) is 38.1 Å². The zero-order valence-corrected chi connectivity index (χ0v) is 14.6. The van der Waals surface area contributed by atoms with E-state index in [4.69, 9.17) is 4.74 Å². The van der Waals surface area contributed by atoms with Gasteiger partial charge in [-0.1, -0.05) is 13.0 Å². The first-order chi connectivity index (χ1) is 10.9. The second kappa shape index (κ2) is 7.42. The van der Waals surface area contributed by atoms with Gasteiger partial charge in [0.1, 0.15) is 0 Å². The second-order valence-corrected chi connectivity index (χ2v) is 7.69. The predicted molar refractivity (Wildman–Crippen MR) is 88.0 cm³/mol. The maximum atomic E-state index is 12.8. The molecule has 6 nitrogen and oxygen atoms in total. The van der Waals surface area contributed by atoms with Gasteiger partial charge in [0.2, 0.25) is 10.0 Å². The van der Waals surface area contributed by atoms with Gasteiger partial charge in [0, 0.05) is 24.7 Å². The summed E-state index contributed by atoms with van der Waals surface area (Å²) in [5, 5.41) is 2.86. The minimum atomic E-state index is -3.61. The number of nitrogens with one attached hydrogen (secondary N) is 1. The smallest absolute Gasteiger partial charge is 0.251 e. The molecule has 1 N–H and O–H groups in total. The topological polar surface area (TPSA) is 75.7 Å². The lowest BCUT2D eigenvalue weighted by atomic mass is 10.1. The Balaban J connectivity index is 2.31. The lowest BCUT2D eigenvalue weighted by molar-refractivity contribution is 0.0730. The summed E-state index contributed by atoms with van der Waals surface area (Å²) in [5.74, 6) is -0.252. The SMILES string of the molecule is CC[C@H](C)NC(=O)c1ccc(C)c(S(=O)(=O)N2CCOCC2)c1. The van der Waals surface area contributed by atoms with Crippen LogP contribution in [0.3, 0.4) is 0 Å². The van der Waals surface area contributed by atoms with Crippen molar-refractivity contribution in [1.29, 1.82) is 0 Å². The fourth-order valence-corrected chi connectivity index (χ4v) is 4.01. The minimum absolute atomic E-state index is 0.0445. The quantitative estimate of drug-likeness (QED) is 0.882. The van der Waals surface area contributed by atoms with Gasteiger partial charge in [0.05, 0.1) is 18.1 Å². The van der Waals surface area contributed by atoms with Gasteiger partial charge in [0.25, 0.3) is 5.91 Å². The second-order valence-electron chi connectivity index (χ2n) is 5.78. The van der Waals surface area contributed by atoms with Gasteiger partial charge in [-0.15, -0.1) is 0 Å². The molecule has 1 aliphatic heterocycles. The van der Waals surface area contributed by atoms with Crippen molar-refractivity contribution in [3.05, 3.63) is 29.3 Å². The molecule has 1 aromatic carbocycles. The molecular formula is C16H24N2O4S. The molecule has 0 aromatic heterocycles. The first-order valence-electron chi connectivity index (χ1n) is 7.85.